The molecule has 6 rings (SSSR count). The monoisotopic (exact) mass is 675 g/mol. The number of fused-ring (bicyclic) bond motifs is 2. The number of nitrogens with two attached hydrogens (primary N) is 1. The van der Waals surface area contributed by atoms with Crippen molar-refractivity contribution in [3.63, 3.8) is 0 Å². The Balaban J connectivity index is 0.00000433. The first kappa shape index (κ1) is 33.8. The van der Waals surface area contributed by atoms with Crippen LogP contribution in [0.3, 0.4) is 0 Å². The minimum Gasteiger partial charge on any atom is -0.744 e. The van der Waals surface area contributed by atoms with Crippen molar-refractivity contribution in [1.82, 2.24) is 0 Å². The van der Waals surface area contributed by atoms with Gasteiger partial charge in [0, 0.05) is 16.2 Å². The second-order valence-corrected chi connectivity index (χ2v) is 12.8. The van der Waals surface area contributed by atoms with Gasteiger partial charge in [-0.05, 0) is 59.0 Å². The molecule has 0 spiro atoms. The van der Waals surface area contributed by atoms with Crippen LogP contribution in [0.4, 0.5) is 28.4 Å². The van der Waals surface area contributed by atoms with Crippen molar-refractivity contribution in [3.05, 3.63) is 109 Å². The van der Waals surface area contributed by atoms with Gasteiger partial charge in [-0.3, -0.25) is 4.55 Å². The van der Waals surface area contributed by atoms with E-state index in [1.54, 1.807) is 72.8 Å². The molecular formula is C32H22N5NaO7S2. The van der Waals surface area contributed by atoms with Crippen LogP contribution in [-0.4, -0.2) is 31.0 Å². The van der Waals surface area contributed by atoms with Gasteiger partial charge >= 0.3 is 29.6 Å². The van der Waals surface area contributed by atoms with E-state index in [1.165, 1.54) is 30.3 Å². The number of phenolic OH excluding ortho intramolecular Hbond substituents is 1. The number of anilines is 1. The smallest absolute Gasteiger partial charge is 0.744 e. The van der Waals surface area contributed by atoms with Gasteiger partial charge in [0.05, 0.1) is 22.0 Å². The third-order valence-electron chi connectivity index (χ3n) is 7.14. The normalized spacial score (nSPS) is 12.2. The predicted octanol–water partition coefficient (Wildman–Crippen LogP) is 4.93. The maximum absolute atomic E-state index is 11.9. The van der Waals surface area contributed by atoms with Gasteiger partial charge in [0.1, 0.15) is 32.1 Å². The quantitative estimate of drug-likeness (QED) is 0.0912. The van der Waals surface area contributed by atoms with Crippen LogP contribution in [0.2, 0.25) is 0 Å². The number of rotatable bonds is 7. The zero-order chi connectivity index (χ0) is 32.6. The summed E-state index contributed by atoms with van der Waals surface area (Å²) in [4.78, 5) is -0.824. The van der Waals surface area contributed by atoms with Gasteiger partial charge in [-0.1, -0.05) is 66.7 Å². The van der Waals surface area contributed by atoms with Crippen LogP contribution >= 0.6 is 0 Å². The maximum Gasteiger partial charge on any atom is 1.00 e. The number of nitrogens with zero attached hydrogens (tertiary/aromatic N) is 4. The summed E-state index contributed by atoms with van der Waals surface area (Å²) in [6.07, 6.45) is 0. The molecule has 4 N–H and O–H groups in total. The number of aromatic hydroxyl groups is 1. The summed E-state index contributed by atoms with van der Waals surface area (Å²) in [6.45, 7) is 0. The zero-order valence-corrected chi connectivity index (χ0v) is 28.1. The molecule has 0 heterocycles. The van der Waals surface area contributed by atoms with Gasteiger partial charge in [-0.2, -0.15) is 18.6 Å². The first-order valence-electron chi connectivity index (χ1n) is 13.4. The minimum atomic E-state index is -4.79. The summed E-state index contributed by atoms with van der Waals surface area (Å²) >= 11 is 0. The Morgan fingerprint density at radius 3 is 1.79 bits per heavy atom. The summed E-state index contributed by atoms with van der Waals surface area (Å²) in [5, 5.41) is 28.0. The van der Waals surface area contributed by atoms with Gasteiger partial charge in [0.15, 0.2) is 0 Å². The third kappa shape index (κ3) is 7.08. The molecule has 0 saturated carbocycles. The second kappa shape index (κ2) is 13.3. The van der Waals surface area contributed by atoms with E-state index >= 15 is 0 Å². The molecule has 12 nitrogen and oxygen atoms in total. The fourth-order valence-electron chi connectivity index (χ4n) is 4.93. The fourth-order valence-corrected chi connectivity index (χ4v) is 6.36. The Bertz CT molecular complexity index is 2440. The summed E-state index contributed by atoms with van der Waals surface area (Å²) in [5.74, 6) is -0.305. The third-order valence-corrected chi connectivity index (χ3v) is 8.91. The molecule has 230 valence electrons. The van der Waals surface area contributed by atoms with Crippen molar-refractivity contribution in [3.8, 4) is 16.9 Å². The van der Waals surface area contributed by atoms with E-state index in [-0.39, 0.29) is 63.1 Å². The average molecular weight is 676 g/mol. The second-order valence-electron chi connectivity index (χ2n) is 10.1. The van der Waals surface area contributed by atoms with E-state index in [0.29, 0.717) is 22.1 Å². The largest absolute Gasteiger partial charge is 1.00 e. The standard InChI is InChI=1S/C32H23N5O7S2.Na/c33-31-25-6-2-1-5-24(25)29(46(42,43)44)18-26(31)36-34-22-13-8-19(9-14-22)20-10-15-23(16-11-20)35-37-32-27(38)17-12-21-4-3-7-28(30(21)32)45(39,40)41;/h1-18,38H,33H2,(H,39,40,41)(H,42,43,44);/q;+1/p-1. The van der Waals surface area contributed by atoms with Crippen molar-refractivity contribution in [1.29, 1.82) is 0 Å². The Kier molecular flexibility index (Phi) is 9.56. The molecule has 0 fully saturated rings. The van der Waals surface area contributed by atoms with Gasteiger partial charge in [0.25, 0.3) is 10.1 Å². The van der Waals surface area contributed by atoms with Crippen LogP contribution < -0.4 is 35.3 Å². The van der Waals surface area contributed by atoms with Crippen LogP contribution in [0, 0.1) is 0 Å². The molecule has 0 aliphatic heterocycles. The summed E-state index contributed by atoms with van der Waals surface area (Å²) in [5.41, 5.74) is 8.87. The SMILES string of the molecule is Nc1c(N=Nc2ccc(-c3ccc(N=Nc4c(O)ccc5cccc(S(=O)(=O)O)c45)cc3)cc2)cc(S(=O)(=O)[O-])c2ccccc12.[Na+]. The van der Waals surface area contributed by atoms with E-state index in [4.69, 9.17) is 5.73 Å². The molecule has 15 heteroatoms. The van der Waals surface area contributed by atoms with Crippen LogP contribution in [0.15, 0.2) is 139 Å². The molecule has 0 atom stereocenters. The van der Waals surface area contributed by atoms with Crippen molar-refractivity contribution in [2.45, 2.75) is 9.79 Å². The molecule has 0 aliphatic carbocycles. The Hall–Kier alpha value is -4.54. The Morgan fingerprint density at radius 1 is 0.638 bits per heavy atom. The number of benzene rings is 6. The Labute approximate surface area is 291 Å². The molecule has 6 aromatic rings. The van der Waals surface area contributed by atoms with Crippen LogP contribution in [0.25, 0.3) is 32.7 Å². The molecule has 0 bridgehead atoms. The van der Waals surface area contributed by atoms with Crippen molar-refractivity contribution >= 4 is 70.2 Å². The minimum absolute atomic E-state index is 0. The number of azo groups is 2. The van der Waals surface area contributed by atoms with Crippen molar-refractivity contribution in [2.75, 3.05) is 5.73 Å². The summed E-state index contributed by atoms with van der Waals surface area (Å²) < 4.78 is 69.2. The topological polar surface area (TPSA) is 207 Å². The van der Waals surface area contributed by atoms with E-state index in [1.807, 2.05) is 0 Å². The molecule has 0 saturated heterocycles. The molecule has 0 aromatic heterocycles. The zero-order valence-electron chi connectivity index (χ0n) is 24.5. The van der Waals surface area contributed by atoms with Crippen LogP contribution in [0.5, 0.6) is 5.75 Å². The first-order valence-corrected chi connectivity index (χ1v) is 16.3. The molecule has 0 unspecified atom stereocenters. The van der Waals surface area contributed by atoms with E-state index in [2.05, 4.69) is 20.5 Å². The summed E-state index contributed by atoms with van der Waals surface area (Å²) in [6, 6.07) is 28.6. The number of nitrogen functional groups attached to an aromatic ring is 1. The average Bonchev–Trinajstić information content (AvgIpc) is 3.03. The molecule has 6 aromatic carbocycles. The molecule has 0 amide bonds. The number of hydrogen-bond donors (Lipinski definition) is 3. The van der Waals surface area contributed by atoms with Crippen LogP contribution in [-0.2, 0) is 20.2 Å². The maximum atomic E-state index is 11.9. The van der Waals surface area contributed by atoms with Crippen molar-refractivity contribution < 1.29 is 60.6 Å². The van der Waals surface area contributed by atoms with E-state index < -0.39 is 30.0 Å². The van der Waals surface area contributed by atoms with Gasteiger partial charge in [-0.25, -0.2) is 8.42 Å². The fraction of sp³-hybridized carbons (Fsp3) is 0. The van der Waals surface area contributed by atoms with Crippen LogP contribution in [0.1, 0.15) is 0 Å². The number of phenols is 1. The van der Waals surface area contributed by atoms with Gasteiger partial charge < -0.3 is 15.4 Å². The molecular weight excluding hydrogens is 654 g/mol. The molecule has 0 aliphatic rings. The molecule has 0 radical (unpaired) electrons. The number of hydrogen-bond acceptors (Lipinski definition) is 11. The predicted molar refractivity (Wildman–Crippen MR) is 172 cm³/mol. The first-order chi connectivity index (χ1) is 21.9. The summed E-state index contributed by atoms with van der Waals surface area (Å²) in [7, 11) is -9.38. The van der Waals surface area contributed by atoms with E-state index in [9.17, 15) is 31.0 Å². The van der Waals surface area contributed by atoms with Gasteiger partial charge in [-0.15, -0.1) is 10.2 Å². The Morgan fingerprint density at radius 2 is 1.21 bits per heavy atom. The molecule has 47 heavy (non-hydrogen) atoms. The van der Waals surface area contributed by atoms with Crippen molar-refractivity contribution in [2.24, 2.45) is 20.5 Å². The van der Waals surface area contributed by atoms with Gasteiger partial charge in [0.2, 0.25) is 0 Å². The van der Waals surface area contributed by atoms with E-state index in [0.717, 1.165) is 17.2 Å².